The summed E-state index contributed by atoms with van der Waals surface area (Å²) in [5, 5.41) is 3.69. The second kappa shape index (κ2) is 8.21. The second-order valence-electron chi connectivity index (χ2n) is 5.61. The largest absolute Gasteiger partial charge is 0.494 e. The first-order valence-corrected chi connectivity index (χ1v) is 7.79. The van der Waals surface area contributed by atoms with Crippen LogP contribution in [0.4, 0.5) is 0 Å². The second-order valence-corrected chi connectivity index (χ2v) is 5.61. The standard InChI is InChI=1S/C17H27NO/c1-2-15-8-6-9-16(14-15)18-12-7-13-19-17-10-4-3-5-11-17/h3-5,10-11,15-16,18H,2,6-9,12-14H2,1H3. The summed E-state index contributed by atoms with van der Waals surface area (Å²) in [7, 11) is 0. The predicted molar refractivity (Wildman–Crippen MR) is 80.6 cm³/mol. The van der Waals surface area contributed by atoms with Gasteiger partial charge in [0.25, 0.3) is 0 Å². The van der Waals surface area contributed by atoms with E-state index in [2.05, 4.69) is 12.2 Å². The molecule has 2 heteroatoms. The maximum atomic E-state index is 5.70. The Labute approximate surface area is 117 Å². The first-order valence-electron chi connectivity index (χ1n) is 7.79. The molecule has 2 rings (SSSR count). The summed E-state index contributed by atoms with van der Waals surface area (Å²) < 4.78 is 5.70. The predicted octanol–water partition coefficient (Wildman–Crippen LogP) is 4.01. The van der Waals surface area contributed by atoms with Gasteiger partial charge in [-0.15, -0.1) is 0 Å². The Balaban J connectivity index is 1.54. The number of benzene rings is 1. The van der Waals surface area contributed by atoms with Gasteiger partial charge in [0.1, 0.15) is 5.75 Å². The van der Waals surface area contributed by atoms with E-state index in [0.717, 1.165) is 37.3 Å². The summed E-state index contributed by atoms with van der Waals surface area (Å²) >= 11 is 0. The summed E-state index contributed by atoms with van der Waals surface area (Å²) in [5.74, 6) is 1.93. The molecule has 0 aromatic heterocycles. The minimum atomic E-state index is 0.746. The van der Waals surface area contributed by atoms with Crippen LogP contribution in [-0.4, -0.2) is 19.2 Å². The minimum Gasteiger partial charge on any atom is -0.494 e. The van der Waals surface area contributed by atoms with Crippen molar-refractivity contribution >= 4 is 0 Å². The van der Waals surface area contributed by atoms with Crippen molar-refractivity contribution in [3.8, 4) is 5.75 Å². The maximum absolute atomic E-state index is 5.70. The Morgan fingerprint density at radius 2 is 2.05 bits per heavy atom. The Morgan fingerprint density at radius 1 is 1.21 bits per heavy atom. The van der Waals surface area contributed by atoms with Gasteiger partial charge in [0.2, 0.25) is 0 Å². The van der Waals surface area contributed by atoms with Crippen molar-refractivity contribution in [2.45, 2.75) is 51.5 Å². The third-order valence-corrected chi connectivity index (χ3v) is 4.13. The van der Waals surface area contributed by atoms with E-state index < -0.39 is 0 Å². The van der Waals surface area contributed by atoms with Crippen LogP contribution in [0.5, 0.6) is 5.75 Å². The van der Waals surface area contributed by atoms with Gasteiger partial charge >= 0.3 is 0 Å². The number of hydrogen-bond donors (Lipinski definition) is 1. The summed E-state index contributed by atoms with van der Waals surface area (Å²) in [6.07, 6.45) is 7.99. The lowest BCUT2D eigenvalue weighted by atomic mass is 9.84. The van der Waals surface area contributed by atoms with Crippen molar-refractivity contribution in [3.63, 3.8) is 0 Å². The molecule has 2 nitrogen and oxygen atoms in total. The van der Waals surface area contributed by atoms with Gasteiger partial charge in [0.15, 0.2) is 0 Å². The van der Waals surface area contributed by atoms with E-state index in [0.29, 0.717) is 0 Å². The van der Waals surface area contributed by atoms with Gasteiger partial charge in [-0.3, -0.25) is 0 Å². The molecule has 2 atom stereocenters. The summed E-state index contributed by atoms with van der Waals surface area (Å²) in [6.45, 7) is 4.20. The molecule has 106 valence electrons. The highest BCUT2D eigenvalue weighted by Crippen LogP contribution is 2.26. The van der Waals surface area contributed by atoms with Crippen LogP contribution >= 0.6 is 0 Å². The van der Waals surface area contributed by atoms with Crippen molar-refractivity contribution < 1.29 is 4.74 Å². The van der Waals surface area contributed by atoms with E-state index in [9.17, 15) is 0 Å². The van der Waals surface area contributed by atoms with Crippen molar-refractivity contribution in [1.29, 1.82) is 0 Å². The van der Waals surface area contributed by atoms with Crippen LogP contribution < -0.4 is 10.1 Å². The van der Waals surface area contributed by atoms with Gasteiger partial charge in [-0.2, -0.15) is 0 Å². The van der Waals surface area contributed by atoms with Gasteiger partial charge in [-0.05, 0) is 43.9 Å². The molecule has 0 spiro atoms. The minimum absolute atomic E-state index is 0.746. The molecule has 1 N–H and O–H groups in total. The van der Waals surface area contributed by atoms with Crippen LogP contribution in [0.1, 0.15) is 45.4 Å². The highest BCUT2D eigenvalue weighted by molar-refractivity contribution is 5.20. The normalized spacial score (nSPS) is 23.2. The third kappa shape index (κ3) is 5.23. The van der Waals surface area contributed by atoms with E-state index in [-0.39, 0.29) is 0 Å². The SMILES string of the molecule is CCC1CCCC(NCCCOc2ccccc2)C1. The average molecular weight is 261 g/mol. The quantitative estimate of drug-likeness (QED) is 0.749. The van der Waals surface area contributed by atoms with Crippen LogP contribution in [0.2, 0.25) is 0 Å². The van der Waals surface area contributed by atoms with Crippen LogP contribution in [0.15, 0.2) is 30.3 Å². The molecule has 0 saturated heterocycles. The number of hydrogen-bond acceptors (Lipinski definition) is 2. The van der Waals surface area contributed by atoms with Gasteiger partial charge in [0, 0.05) is 6.04 Å². The number of rotatable bonds is 7. The van der Waals surface area contributed by atoms with Gasteiger partial charge in [-0.25, -0.2) is 0 Å². The van der Waals surface area contributed by atoms with E-state index in [4.69, 9.17) is 4.74 Å². The maximum Gasteiger partial charge on any atom is 0.119 e. The molecular weight excluding hydrogens is 234 g/mol. The highest BCUT2D eigenvalue weighted by atomic mass is 16.5. The number of para-hydroxylation sites is 1. The molecule has 0 amide bonds. The zero-order valence-corrected chi connectivity index (χ0v) is 12.1. The molecule has 1 aliphatic rings. The van der Waals surface area contributed by atoms with Crippen LogP contribution in [0, 0.1) is 5.92 Å². The number of ether oxygens (including phenoxy) is 1. The first kappa shape index (κ1) is 14.4. The summed E-state index contributed by atoms with van der Waals surface area (Å²) in [5.41, 5.74) is 0. The number of nitrogens with one attached hydrogen (secondary N) is 1. The van der Waals surface area contributed by atoms with E-state index >= 15 is 0 Å². The van der Waals surface area contributed by atoms with Gasteiger partial charge < -0.3 is 10.1 Å². The van der Waals surface area contributed by atoms with Crippen LogP contribution in [0.25, 0.3) is 0 Å². The Hall–Kier alpha value is -1.02. The molecule has 1 fully saturated rings. The smallest absolute Gasteiger partial charge is 0.119 e. The molecule has 0 aliphatic heterocycles. The van der Waals surface area contributed by atoms with Crippen LogP contribution in [-0.2, 0) is 0 Å². The highest BCUT2D eigenvalue weighted by Gasteiger charge is 2.19. The van der Waals surface area contributed by atoms with E-state index in [1.807, 2.05) is 30.3 Å². The van der Waals surface area contributed by atoms with Crippen LogP contribution in [0.3, 0.4) is 0 Å². The monoisotopic (exact) mass is 261 g/mol. The van der Waals surface area contributed by atoms with Crippen molar-refractivity contribution in [3.05, 3.63) is 30.3 Å². The topological polar surface area (TPSA) is 21.3 Å². The lowest BCUT2D eigenvalue weighted by Gasteiger charge is -2.29. The molecule has 0 bridgehead atoms. The van der Waals surface area contributed by atoms with E-state index in [1.54, 1.807) is 0 Å². The zero-order chi connectivity index (χ0) is 13.3. The van der Waals surface area contributed by atoms with Crippen molar-refractivity contribution in [1.82, 2.24) is 5.32 Å². The Kier molecular flexibility index (Phi) is 6.22. The fourth-order valence-electron chi connectivity index (χ4n) is 2.93. The fourth-order valence-corrected chi connectivity index (χ4v) is 2.93. The van der Waals surface area contributed by atoms with Crippen molar-refractivity contribution in [2.24, 2.45) is 5.92 Å². The van der Waals surface area contributed by atoms with Gasteiger partial charge in [-0.1, -0.05) is 44.4 Å². The molecule has 1 aromatic carbocycles. The lowest BCUT2D eigenvalue weighted by molar-refractivity contribution is 0.265. The molecule has 1 aliphatic carbocycles. The van der Waals surface area contributed by atoms with Gasteiger partial charge in [0.05, 0.1) is 6.61 Å². The summed E-state index contributed by atoms with van der Waals surface area (Å²) in [6, 6.07) is 10.8. The zero-order valence-electron chi connectivity index (χ0n) is 12.1. The molecule has 1 saturated carbocycles. The molecule has 1 aromatic rings. The first-order chi connectivity index (χ1) is 9.38. The fraction of sp³-hybridized carbons (Fsp3) is 0.647. The Morgan fingerprint density at radius 3 is 2.84 bits per heavy atom. The molecule has 19 heavy (non-hydrogen) atoms. The molecule has 0 radical (unpaired) electrons. The Bertz CT molecular complexity index is 338. The molecular formula is C17H27NO. The van der Waals surface area contributed by atoms with Crippen molar-refractivity contribution in [2.75, 3.05) is 13.2 Å². The average Bonchev–Trinajstić information content (AvgIpc) is 2.48. The lowest BCUT2D eigenvalue weighted by Crippen LogP contribution is -2.35. The summed E-state index contributed by atoms with van der Waals surface area (Å²) in [4.78, 5) is 0. The van der Waals surface area contributed by atoms with E-state index in [1.165, 1.54) is 32.1 Å². The molecule has 0 heterocycles. The third-order valence-electron chi connectivity index (χ3n) is 4.13. The molecule has 2 unspecified atom stereocenters.